The van der Waals surface area contributed by atoms with Crippen molar-refractivity contribution in [2.45, 2.75) is 43.9 Å². The molecule has 2 rings (SSSR count). The van der Waals surface area contributed by atoms with Crippen LogP contribution in [-0.4, -0.2) is 57.9 Å². The van der Waals surface area contributed by atoms with Gasteiger partial charge in [0, 0.05) is 5.41 Å². The van der Waals surface area contributed by atoms with E-state index in [0.29, 0.717) is 0 Å². The van der Waals surface area contributed by atoms with E-state index in [9.17, 15) is 19.4 Å². The SMILES string of the molecule is CC1([C@@H]2N[C@H](CO)[C@@H](O)[C@@]2(C)F)C=CC(=O)NC1O. The van der Waals surface area contributed by atoms with Gasteiger partial charge in [-0.05, 0) is 13.0 Å². The lowest BCUT2D eigenvalue weighted by Gasteiger charge is -2.43. The number of rotatable bonds is 2. The van der Waals surface area contributed by atoms with Crippen LogP contribution in [0.3, 0.4) is 0 Å². The second-order valence-corrected chi connectivity index (χ2v) is 5.60. The Hall–Kier alpha value is -1.02. The number of carbonyl (C=O) groups is 1. The number of carbonyl (C=O) groups excluding carboxylic acids is 1. The highest BCUT2D eigenvalue weighted by Crippen LogP contribution is 2.42. The van der Waals surface area contributed by atoms with Gasteiger partial charge in [0.15, 0.2) is 5.67 Å². The van der Waals surface area contributed by atoms with Crippen molar-refractivity contribution in [1.29, 1.82) is 0 Å². The van der Waals surface area contributed by atoms with Crippen molar-refractivity contribution in [2.24, 2.45) is 5.41 Å². The summed E-state index contributed by atoms with van der Waals surface area (Å²) in [5, 5.41) is 34.1. The number of halogens is 1. The third kappa shape index (κ3) is 2.06. The number of hydrogen-bond acceptors (Lipinski definition) is 5. The van der Waals surface area contributed by atoms with E-state index in [4.69, 9.17) is 5.11 Å². The van der Waals surface area contributed by atoms with Crippen molar-refractivity contribution in [3.05, 3.63) is 12.2 Å². The van der Waals surface area contributed by atoms with Gasteiger partial charge in [0.2, 0.25) is 5.91 Å². The monoisotopic (exact) mass is 274 g/mol. The van der Waals surface area contributed by atoms with Crippen LogP contribution in [0.2, 0.25) is 0 Å². The summed E-state index contributed by atoms with van der Waals surface area (Å²) in [4.78, 5) is 11.2. The second-order valence-electron chi connectivity index (χ2n) is 5.60. The van der Waals surface area contributed by atoms with E-state index in [1.165, 1.54) is 19.1 Å². The highest BCUT2D eigenvalue weighted by Gasteiger charge is 2.60. The van der Waals surface area contributed by atoms with Crippen LogP contribution in [0.25, 0.3) is 0 Å². The summed E-state index contributed by atoms with van der Waals surface area (Å²) in [5.41, 5.74) is -3.17. The van der Waals surface area contributed by atoms with Crippen molar-refractivity contribution < 1.29 is 24.5 Å². The smallest absolute Gasteiger partial charge is 0.245 e. The van der Waals surface area contributed by atoms with Crippen LogP contribution < -0.4 is 10.6 Å². The maximum Gasteiger partial charge on any atom is 0.245 e. The average molecular weight is 274 g/mol. The number of nitrogens with one attached hydrogen (secondary N) is 2. The standard InChI is InChI=1S/C12H19FN2O4/c1-11(4-3-7(17)15-10(11)19)9-12(2,13)8(18)6(5-16)14-9/h3-4,6,8-10,14,16,18-19H,5H2,1-2H3,(H,15,17)/t6-,8-,9+,10?,11?,12-/m1/s1. The average Bonchev–Trinajstić information content (AvgIpc) is 2.57. The van der Waals surface area contributed by atoms with E-state index in [0.717, 1.165) is 0 Å². The summed E-state index contributed by atoms with van der Waals surface area (Å²) in [7, 11) is 0. The Bertz CT molecular complexity index is 415. The number of aliphatic hydroxyl groups is 3. The molecule has 2 aliphatic rings. The zero-order valence-corrected chi connectivity index (χ0v) is 10.8. The molecule has 2 unspecified atom stereocenters. The van der Waals surface area contributed by atoms with E-state index >= 15 is 0 Å². The number of hydrogen-bond donors (Lipinski definition) is 5. The molecule has 0 bridgehead atoms. The molecule has 108 valence electrons. The molecule has 0 aromatic carbocycles. The molecular weight excluding hydrogens is 255 g/mol. The second kappa shape index (κ2) is 4.52. The normalized spacial score (nSPS) is 50.3. The first-order chi connectivity index (χ1) is 8.73. The van der Waals surface area contributed by atoms with Crippen LogP contribution in [0.4, 0.5) is 4.39 Å². The Morgan fingerprint density at radius 1 is 1.42 bits per heavy atom. The van der Waals surface area contributed by atoms with Gasteiger partial charge in [-0.25, -0.2) is 4.39 Å². The zero-order chi connectivity index (χ0) is 14.4. The van der Waals surface area contributed by atoms with Gasteiger partial charge in [-0.2, -0.15) is 0 Å². The van der Waals surface area contributed by atoms with Gasteiger partial charge in [-0.1, -0.05) is 13.0 Å². The van der Waals surface area contributed by atoms with Crippen molar-refractivity contribution >= 4 is 5.91 Å². The van der Waals surface area contributed by atoms with Crippen molar-refractivity contribution in [2.75, 3.05) is 6.61 Å². The van der Waals surface area contributed by atoms with E-state index in [-0.39, 0.29) is 0 Å². The van der Waals surface area contributed by atoms with Crippen LogP contribution in [0, 0.1) is 5.41 Å². The van der Waals surface area contributed by atoms with E-state index < -0.39 is 48.0 Å². The van der Waals surface area contributed by atoms with Crippen LogP contribution in [-0.2, 0) is 4.79 Å². The predicted octanol–water partition coefficient (Wildman–Crippen LogP) is -1.58. The molecule has 0 saturated carbocycles. The Morgan fingerprint density at radius 3 is 2.53 bits per heavy atom. The molecule has 2 heterocycles. The molecule has 2 aliphatic heterocycles. The molecule has 19 heavy (non-hydrogen) atoms. The Kier molecular flexibility index (Phi) is 3.42. The van der Waals surface area contributed by atoms with Crippen LogP contribution in [0.15, 0.2) is 12.2 Å². The summed E-state index contributed by atoms with van der Waals surface area (Å²) < 4.78 is 14.7. The maximum atomic E-state index is 14.7. The molecular formula is C12H19FN2O4. The lowest BCUT2D eigenvalue weighted by Crippen LogP contribution is -2.61. The molecule has 0 aliphatic carbocycles. The molecule has 7 heteroatoms. The van der Waals surface area contributed by atoms with E-state index in [1.807, 2.05) is 0 Å². The van der Waals surface area contributed by atoms with Crippen LogP contribution in [0.5, 0.6) is 0 Å². The minimum Gasteiger partial charge on any atom is -0.395 e. The summed E-state index contributed by atoms with van der Waals surface area (Å²) >= 11 is 0. The Labute approximate surface area is 110 Å². The number of alkyl halides is 1. The highest BCUT2D eigenvalue weighted by molar-refractivity contribution is 5.88. The predicted molar refractivity (Wildman–Crippen MR) is 64.7 cm³/mol. The molecule has 6 nitrogen and oxygen atoms in total. The van der Waals surface area contributed by atoms with Gasteiger partial charge < -0.3 is 26.0 Å². The fourth-order valence-electron chi connectivity index (χ4n) is 2.91. The maximum absolute atomic E-state index is 14.7. The van der Waals surface area contributed by atoms with Gasteiger partial charge in [0.1, 0.15) is 12.3 Å². The molecule has 1 saturated heterocycles. The summed E-state index contributed by atoms with van der Waals surface area (Å²) in [6.45, 7) is 2.38. The largest absolute Gasteiger partial charge is 0.395 e. The van der Waals surface area contributed by atoms with Crippen LogP contribution >= 0.6 is 0 Å². The third-order valence-electron chi connectivity index (χ3n) is 4.19. The topological polar surface area (TPSA) is 102 Å². The molecule has 6 atom stereocenters. The molecule has 0 aromatic rings. The fraction of sp³-hybridized carbons (Fsp3) is 0.750. The quantitative estimate of drug-likeness (QED) is 0.418. The lowest BCUT2D eigenvalue weighted by atomic mass is 9.72. The summed E-state index contributed by atoms with van der Waals surface area (Å²) in [6.07, 6.45) is -0.0125. The molecule has 0 aromatic heterocycles. The number of amides is 1. The molecule has 0 spiro atoms. The fourth-order valence-corrected chi connectivity index (χ4v) is 2.91. The summed E-state index contributed by atoms with van der Waals surface area (Å²) in [5.74, 6) is -0.456. The minimum absolute atomic E-state index is 0.417. The van der Waals surface area contributed by atoms with Crippen LogP contribution in [0.1, 0.15) is 13.8 Å². The first kappa shape index (κ1) is 14.4. The zero-order valence-electron chi connectivity index (χ0n) is 10.8. The molecule has 0 radical (unpaired) electrons. The molecule has 1 fully saturated rings. The van der Waals surface area contributed by atoms with Gasteiger partial charge in [0.25, 0.3) is 0 Å². The molecule has 1 amide bonds. The molecule has 5 N–H and O–H groups in total. The van der Waals surface area contributed by atoms with Crippen molar-refractivity contribution in [3.63, 3.8) is 0 Å². The first-order valence-electron chi connectivity index (χ1n) is 6.15. The Morgan fingerprint density at radius 2 is 2.05 bits per heavy atom. The lowest BCUT2D eigenvalue weighted by molar-refractivity contribution is -0.125. The van der Waals surface area contributed by atoms with Crippen molar-refractivity contribution in [1.82, 2.24) is 10.6 Å². The van der Waals surface area contributed by atoms with Crippen molar-refractivity contribution in [3.8, 4) is 0 Å². The third-order valence-corrected chi connectivity index (χ3v) is 4.19. The van der Waals surface area contributed by atoms with E-state index in [2.05, 4.69) is 10.6 Å². The summed E-state index contributed by atoms with van der Waals surface area (Å²) in [6, 6.07) is -1.76. The Balaban J connectivity index is 2.35. The highest BCUT2D eigenvalue weighted by atomic mass is 19.1. The first-order valence-corrected chi connectivity index (χ1v) is 6.15. The van der Waals surface area contributed by atoms with Gasteiger partial charge in [-0.3, -0.25) is 4.79 Å². The van der Waals surface area contributed by atoms with Gasteiger partial charge >= 0.3 is 0 Å². The minimum atomic E-state index is -2.05. The number of aliphatic hydroxyl groups excluding tert-OH is 3. The van der Waals surface area contributed by atoms with Gasteiger partial charge in [-0.15, -0.1) is 0 Å². The van der Waals surface area contributed by atoms with Gasteiger partial charge in [0.05, 0.1) is 18.7 Å². The van der Waals surface area contributed by atoms with E-state index in [1.54, 1.807) is 6.92 Å².